The highest BCUT2D eigenvalue weighted by Crippen LogP contribution is 2.16. The van der Waals surface area contributed by atoms with Gasteiger partial charge in [-0.05, 0) is 23.3 Å². The van der Waals surface area contributed by atoms with Gasteiger partial charge in [-0.1, -0.05) is 42.5 Å². The van der Waals surface area contributed by atoms with Crippen molar-refractivity contribution < 1.29 is 14.3 Å². The molecular formula is C21H25N3O3. The van der Waals surface area contributed by atoms with E-state index in [2.05, 4.69) is 0 Å². The van der Waals surface area contributed by atoms with Crippen LogP contribution in [0.15, 0.2) is 54.6 Å². The summed E-state index contributed by atoms with van der Waals surface area (Å²) in [7, 11) is 1.61. The van der Waals surface area contributed by atoms with Gasteiger partial charge in [0.25, 0.3) is 0 Å². The third kappa shape index (κ3) is 4.65. The number of methoxy groups -OCH3 is 1. The molecule has 2 N–H and O–H groups in total. The Morgan fingerprint density at radius 3 is 2.33 bits per heavy atom. The quantitative estimate of drug-likeness (QED) is 0.871. The second-order valence-electron chi connectivity index (χ2n) is 6.62. The van der Waals surface area contributed by atoms with Crippen LogP contribution in [0.4, 0.5) is 0 Å². The van der Waals surface area contributed by atoms with E-state index in [1.165, 1.54) is 0 Å². The number of nitrogens with two attached hydrogens (primary N) is 1. The van der Waals surface area contributed by atoms with E-state index in [-0.39, 0.29) is 11.8 Å². The van der Waals surface area contributed by atoms with E-state index in [0.29, 0.717) is 32.6 Å². The molecule has 0 spiro atoms. The van der Waals surface area contributed by atoms with E-state index in [4.69, 9.17) is 10.5 Å². The number of hydrogen-bond acceptors (Lipinski definition) is 4. The molecular weight excluding hydrogens is 342 g/mol. The van der Waals surface area contributed by atoms with E-state index in [9.17, 15) is 9.59 Å². The summed E-state index contributed by atoms with van der Waals surface area (Å²) in [6.07, 6.45) is 0.328. The molecule has 3 rings (SSSR count). The van der Waals surface area contributed by atoms with Crippen molar-refractivity contribution in [3.05, 3.63) is 65.7 Å². The maximum Gasteiger partial charge on any atom is 0.244 e. The van der Waals surface area contributed by atoms with E-state index in [1.54, 1.807) is 16.9 Å². The lowest BCUT2D eigenvalue weighted by molar-refractivity contribution is -0.140. The van der Waals surface area contributed by atoms with Gasteiger partial charge in [0.15, 0.2) is 0 Å². The fraction of sp³-hybridized carbons (Fsp3) is 0.333. The number of carbonyl (C=O) groups excluding carboxylic acids is 2. The van der Waals surface area contributed by atoms with Crippen LogP contribution in [0.5, 0.6) is 5.75 Å². The van der Waals surface area contributed by atoms with E-state index < -0.39 is 6.04 Å². The smallest absolute Gasteiger partial charge is 0.244 e. The van der Waals surface area contributed by atoms with Gasteiger partial charge in [0.1, 0.15) is 11.8 Å². The molecule has 0 bridgehead atoms. The number of nitrogens with zero attached hydrogens (tertiary/aromatic N) is 2. The van der Waals surface area contributed by atoms with Crippen LogP contribution in [0.2, 0.25) is 0 Å². The zero-order valence-corrected chi connectivity index (χ0v) is 15.5. The lowest BCUT2D eigenvalue weighted by Crippen LogP contribution is -2.52. The van der Waals surface area contributed by atoms with Crippen molar-refractivity contribution in [3.63, 3.8) is 0 Å². The van der Waals surface area contributed by atoms with Crippen LogP contribution < -0.4 is 10.5 Å². The summed E-state index contributed by atoms with van der Waals surface area (Å²) in [4.78, 5) is 28.7. The van der Waals surface area contributed by atoms with Gasteiger partial charge < -0.3 is 20.3 Å². The van der Waals surface area contributed by atoms with Crippen LogP contribution in [0.3, 0.4) is 0 Å². The molecule has 6 nitrogen and oxygen atoms in total. The van der Waals surface area contributed by atoms with E-state index >= 15 is 0 Å². The Balaban J connectivity index is 1.53. The van der Waals surface area contributed by atoms with Crippen molar-refractivity contribution in [1.29, 1.82) is 0 Å². The summed E-state index contributed by atoms with van der Waals surface area (Å²) in [5, 5.41) is 0. The Labute approximate surface area is 159 Å². The SMILES string of the molecule is COc1cccc(CC(=O)N2CCN(C(=O)C(N)c3ccccc3)CC2)c1. The number of carbonyl (C=O) groups is 2. The fourth-order valence-electron chi connectivity index (χ4n) is 3.24. The number of amides is 2. The maximum absolute atomic E-state index is 12.6. The van der Waals surface area contributed by atoms with Crippen LogP contribution in [0, 0.1) is 0 Å². The lowest BCUT2D eigenvalue weighted by Gasteiger charge is -2.36. The highest BCUT2D eigenvalue weighted by molar-refractivity contribution is 5.84. The molecule has 0 saturated carbocycles. The predicted octanol–water partition coefficient (Wildman–Crippen LogP) is 1.61. The average Bonchev–Trinajstić information content (AvgIpc) is 2.73. The van der Waals surface area contributed by atoms with Gasteiger partial charge >= 0.3 is 0 Å². The van der Waals surface area contributed by atoms with Crippen molar-refractivity contribution in [1.82, 2.24) is 9.80 Å². The summed E-state index contributed by atoms with van der Waals surface area (Å²) in [6, 6.07) is 16.2. The van der Waals surface area contributed by atoms with E-state index in [1.807, 2.05) is 54.6 Å². The van der Waals surface area contributed by atoms with Crippen molar-refractivity contribution in [2.75, 3.05) is 33.3 Å². The standard InChI is InChI=1S/C21H25N3O3/c1-27-18-9-5-6-16(14-18)15-19(25)23-10-12-24(13-11-23)21(26)20(22)17-7-3-2-4-8-17/h2-9,14,20H,10-13,15,22H2,1H3. The minimum Gasteiger partial charge on any atom is -0.497 e. The van der Waals surface area contributed by atoms with Gasteiger partial charge in [-0.25, -0.2) is 0 Å². The van der Waals surface area contributed by atoms with Gasteiger partial charge in [-0.2, -0.15) is 0 Å². The molecule has 2 aromatic rings. The Kier molecular flexibility index (Phi) is 6.08. The van der Waals surface area contributed by atoms with Gasteiger partial charge in [0, 0.05) is 26.2 Å². The monoisotopic (exact) mass is 367 g/mol. The highest BCUT2D eigenvalue weighted by Gasteiger charge is 2.27. The molecule has 1 aliphatic rings. The normalized spacial score (nSPS) is 15.3. The van der Waals surface area contributed by atoms with Gasteiger partial charge in [-0.15, -0.1) is 0 Å². The molecule has 1 aliphatic heterocycles. The Morgan fingerprint density at radius 2 is 1.67 bits per heavy atom. The molecule has 1 fully saturated rings. The van der Waals surface area contributed by atoms with Gasteiger partial charge in [0.2, 0.25) is 11.8 Å². The Bertz CT molecular complexity index is 786. The number of rotatable bonds is 5. The van der Waals surface area contributed by atoms with Crippen LogP contribution in [0.25, 0.3) is 0 Å². The first-order valence-electron chi connectivity index (χ1n) is 9.08. The van der Waals surface area contributed by atoms with Crippen LogP contribution in [-0.4, -0.2) is 54.9 Å². The van der Waals surface area contributed by atoms with Crippen LogP contribution >= 0.6 is 0 Å². The van der Waals surface area contributed by atoms with Crippen molar-refractivity contribution in [2.45, 2.75) is 12.5 Å². The second-order valence-corrected chi connectivity index (χ2v) is 6.62. The number of benzene rings is 2. The first-order valence-corrected chi connectivity index (χ1v) is 9.08. The largest absolute Gasteiger partial charge is 0.497 e. The molecule has 0 aromatic heterocycles. The fourth-order valence-corrected chi connectivity index (χ4v) is 3.24. The van der Waals surface area contributed by atoms with Crippen molar-refractivity contribution in [3.8, 4) is 5.75 Å². The molecule has 1 heterocycles. The van der Waals surface area contributed by atoms with Gasteiger partial charge in [0.05, 0.1) is 13.5 Å². The topological polar surface area (TPSA) is 75.9 Å². The molecule has 1 unspecified atom stereocenters. The molecule has 1 atom stereocenters. The number of piperazine rings is 1. The minimum absolute atomic E-state index is 0.0581. The highest BCUT2D eigenvalue weighted by atomic mass is 16.5. The summed E-state index contributed by atoms with van der Waals surface area (Å²) in [6.45, 7) is 2.05. The average molecular weight is 367 g/mol. The van der Waals surface area contributed by atoms with Crippen LogP contribution in [0.1, 0.15) is 17.2 Å². The molecule has 6 heteroatoms. The number of ether oxygens (including phenoxy) is 1. The molecule has 142 valence electrons. The summed E-state index contributed by atoms with van der Waals surface area (Å²) in [5.74, 6) is 0.703. The molecule has 1 saturated heterocycles. The first kappa shape index (κ1) is 18.9. The van der Waals surface area contributed by atoms with E-state index in [0.717, 1.165) is 16.9 Å². The predicted molar refractivity (Wildman–Crippen MR) is 103 cm³/mol. The molecule has 0 radical (unpaired) electrons. The zero-order valence-electron chi connectivity index (χ0n) is 15.5. The number of hydrogen-bond donors (Lipinski definition) is 1. The molecule has 2 amide bonds. The first-order chi connectivity index (χ1) is 13.1. The maximum atomic E-state index is 12.6. The minimum atomic E-state index is -0.662. The Hall–Kier alpha value is -2.86. The summed E-state index contributed by atoms with van der Waals surface area (Å²) in [5.41, 5.74) is 7.83. The lowest BCUT2D eigenvalue weighted by atomic mass is 10.1. The third-order valence-corrected chi connectivity index (χ3v) is 4.86. The third-order valence-electron chi connectivity index (χ3n) is 4.86. The zero-order chi connectivity index (χ0) is 19.2. The van der Waals surface area contributed by atoms with Crippen LogP contribution in [-0.2, 0) is 16.0 Å². The Morgan fingerprint density at radius 1 is 1.00 bits per heavy atom. The molecule has 0 aliphatic carbocycles. The van der Waals surface area contributed by atoms with Gasteiger partial charge in [-0.3, -0.25) is 9.59 Å². The second kappa shape index (κ2) is 8.68. The van der Waals surface area contributed by atoms with Crippen molar-refractivity contribution >= 4 is 11.8 Å². The molecule has 2 aromatic carbocycles. The summed E-state index contributed by atoms with van der Waals surface area (Å²) >= 11 is 0. The molecule has 27 heavy (non-hydrogen) atoms. The summed E-state index contributed by atoms with van der Waals surface area (Å²) < 4.78 is 5.20. The van der Waals surface area contributed by atoms with Crippen molar-refractivity contribution in [2.24, 2.45) is 5.73 Å².